The predicted octanol–water partition coefficient (Wildman–Crippen LogP) is 2.86. The first kappa shape index (κ1) is 18.5. The first-order valence-corrected chi connectivity index (χ1v) is 9.14. The number of rotatable bonds is 8. The molecular weight excluding hydrogens is 376 g/mol. The molecule has 1 heterocycles. The van der Waals surface area contributed by atoms with Crippen LogP contribution in [0.2, 0.25) is 5.02 Å². The number of benzene rings is 2. The van der Waals surface area contributed by atoms with Crippen molar-refractivity contribution in [2.75, 3.05) is 19.5 Å². The van der Waals surface area contributed by atoms with Crippen molar-refractivity contribution in [2.45, 2.75) is 11.3 Å². The Hall–Kier alpha value is -2.29. The molecule has 3 rings (SSSR count). The van der Waals surface area contributed by atoms with Crippen LogP contribution >= 0.6 is 23.4 Å². The molecule has 136 valence electrons. The molecule has 26 heavy (non-hydrogen) atoms. The van der Waals surface area contributed by atoms with Crippen molar-refractivity contribution < 1.29 is 14.6 Å². The van der Waals surface area contributed by atoms with Crippen LogP contribution in [-0.4, -0.2) is 50.9 Å². The van der Waals surface area contributed by atoms with Crippen LogP contribution in [0.5, 0.6) is 11.5 Å². The van der Waals surface area contributed by atoms with E-state index in [2.05, 4.69) is 15.5 Å². The van der Waals surface area contributed by atoms with E-state index in [1.165, 1.54) is 11.8 Å². The molecule has 0 aliphatic heterocycles. The monoisotopic (exact) mass is 392 g/mol. The second-order valence-electron chi connectivity index (χ2n) is 5.27. The zero-order valence-electron chi connectivity index (χ0n) is 13.9. The Balaban J connectivity index is 1.58. The van der Waals surface area contributed by atoms with E-state index in [9.17, 15) is 5.11 Å². The highest BCUT2D eigenvalue weighted by Crippen LogP contribution is 2.26. The van der Waals surface area contributed by atoms with Crippen molar-refractivity contribution in [2.24, 2.45) is 0 Å². The summed E-state index contributed by atoms with van der Waals surface area (Å²) in [7, 11) is 1.59. The van der Waals surface area contributed by atoms with Crippen molar-refractivity contribution in [3.05, 3.63) is 53.6 Å². The number of tetrazole rings is 1. The number of para-hydroxylation sites is 2. The molecule has 0 bridgehead atoms. The molecule has 1 N–H and O–H groups in total. The third-order valence-electron chi connectivity index (χ3n) is 3.42. The minimum atomic E-state index is -0.682. The Morgan fingerprint density at radius 2 is 1.96 bits per heavy atom. The summed E-state index contributed by atoms with van der Waals surface area (Å²) in [5.74, 6) is 1.69. The van der Waals surface area contributed by atoms with E-state index in [-0.39, 0.29) is 6.61 Å². The third-order valence-corrected chi connectivity index (χ3v) is 4.73. The fourth-order valence-electron chi connectivity index (χ4n) is 2.17. The van der Waals surface area contributed by atoms with Gasteiger partial charge in [0.15, 0.2) is 0 Å². The number of methoxy groups -OCH3 is 1. The lowest BCUT2D eigenvalue weighted by molar-refractivity contribution is 0.126. The number of aromatic nitrogens is 4. The van der Waals surface area contributed by atoms with E-state index < -0.39 is 6.10 Å². The van der Waals surface area contributed by atoms with Crippen molar-refractivity contribution in [3.8, 4) is 17.2 Å². The van der Waals surface area contributed by atoms with Crippen molar-refractivity contribution in [1.29, 1.82) is 0 Å². The summed E-state index contributed by atoms with van der Waals surface area (Å²) in [6.45, 7) is 0.158. The maximum Gasteiger partial charge on any atom is 0.214 e. The van der Waals surface area contributed by atoms with Crippen molar-refractivity contribution in [1.82, 2.24) is 20.2 Å². The van der Waals surface area contributed by atoms with Gasteiger partial charge in [-0.15, -0.1) is 5.10 Å². The van der Waals surface area contributed by atoms with E-state index in [4.69, 9.17) is 21.1 Å². The van der Waals surface area contributed by atoms with Gasteiger partial charge in [0.25, 0.3) is 0 Å². The van der Waals surface area contributed by atoms with Crippen LogP contribution in [0.3, 0.4) is 0 Å². The van der Waals surface area contributed by atoms with Gasteiger partial charge in [0, 0.05) is 10.8 Å². The van der Waals surface area contributed by atoms with Crippen LogP contribution < -0.4 is 9.47 Å². The zero-order valence-corrected chi connectivity index (χ0v) is 15.5. The van der Waals surface area contributed by atoms with Gasteiger partial charge >= 0.3 is 0 Å². The molecule has 9 heteroatoms. The summed E-state index contributed by atoms with van der Waals surface area (Å²) < 4.78 is 12.5. The van der Waals surface area contributed by atoms with Gasteiger partial charge in [-0.3, -0.25) is 0 Å². The highest BCUT2D eigenvalue weighted by atomic mass is 35.5. The molecule has 3 aromatic rings. The number of aliphatic hydroxyl groups excluding tert-OH is 1. The van der Waals surface area contributed by atoms with Gasteiger partial charge in [-0.05, 0) is 46.8 Å². The first-order valence-electron chi connectivity index (χ1n) is 7.78. The third kappa shape index (κ3) is 4.66. The number of hydrogen-bond acceptors (Lipinski definition) is 7. The van der Waals surface area contributed by atoms with E-state index in [1.807, 2.05) is 24.3 Å². The number of thioether (sulfide) groups is 1. The minimum absolute atomic E-state index is 0.158. The molecule has 0 aliphatic carbocycles. The number of hydrogen-bond donors (Lipinski definition) is 1. The fraction of sp³-hybridized carbons (Fsp3) is 0.235. The molecule has 1 aromatic heterocycles. The van der Waals surface area contributed by atoms with Crippen LogP contribution in [0.1, 0.15) is 0 Å². The molecule has 0 fully saturated rings. The van der Waals surface area contributed by atoms with Crippen molar-refractivity contribution in [3.63, 3.8) is 0 Å². The Kier molecular flexibility index (Phi) is 6.32. The predicted molar refractivity (Wildman–Crippen MR) is 99.4 cm³/mol. The van der Waals surface area contributed by atoms with E-state index >= 15 is 0 Å². The van der Waals surface area contributed by atoms with Crippen LogP contribution in [-0.2, 0) is 0 Å². The summed E-state index contributed by atoms with van der Waals surface area (Å²) in [5, 5.41) is 23.1. The molecule has 0 saturated carbocycles. The number of nitrogens with zero attached hydrogens (tertiary/aromatic N) is 4. The molecule has 0 spiro atoms. The number of aliphatic hydroxyl groups is 1. The van der Waals surface area contributed by atoms with Crippen molar-refractivity contribution >= 4 is 23.4 Å². The summed E-state index contributed by atoms with van der Waals surface area (Å²) in [4.78, 5) is 0. The minimum Gasteiger partial charge on any atom is -0.494 e. The molecule has 2 aromatic carbocycles. The second kappa shape index (κ2) is 8.88. The zero-order chi connectivity index (χ0) is 18.4. The highest BCUT2D eigenvalue weighted by Gasteiger charge is 2.15. The molecule has 0 saturated heterocycles. The van der Waals surface area contributed by atoms with Crippen LogP contribution in [0, 0.1) is 0 Å². The lowest BCUT2D eigenvalue weighted by atomic mass is 10.3. The standard InChI is InChI=1S/C17H17ClN4O3S/c1-24-16-5-3-2-4-15(16)22-17(19-20-21-22)26-11-13(23)10-25-14-8-6-12(18)7-9-14/h2-9,13,23H,10-11H2,1H3. The topological polar surface area (TPSA) is 82.3 Å². The number of halogens is 1. The molecule has 0 aliphatic rings. The fourth-order valence-corrected chi connectivity index (χ4v) is 3.08. The van der Waals surface area contributed by atoms with Gasteiger partial charge < -0.3 is 14.6 Å². The van der Waals surface area contributed by atoms with E-state index in [0.29, 0.717) is 27.4 Å². The lowest BCUT2D eigenvalue weighted by Gasteiger charge is -2.12. The van der Waals surface area contributed by atoms with Crippen LogP contribution in [0.4, 0.5) is 0 Å². The molecule has 7 nitrogen and oxygen atoms in total. The van der Waals surface area contributed by atoms with Crippen LogP contribution in [0.15, 0.2) is 53.7 Å². The quantitative estimate of drug-likeness (QED) is 0.590. The first-order chi connectivity index (χ1) is 12.7. The van der Waals surface area contributed by atoms with Crippen LogP contribution in [0.25, 0.3) is 5.69 Å². The second-order valence-corrected chi connectivity index (χ2v) is 6.70. The summed E-state index contributed by atoms with van der Waals surface area (Å²) in [6.07, 6.45) is -0.682. The van der Waals surface area contributed by atoms with Gasteiger partial charge in [0.2, 0.25) is 5.16 Å². The Bertz CT molecular complexity index is 844. The summed E-state index contributed by atoms with van der Waals surface area (Å²) in [5.41, 5.74) is 0.731. The molecular formula is C17H17ClN4O3S. The van der Waals surface area contributed by atoms with Gasteiger partial charge in [-0.2, -0.15) is 4.68 Å². The Labute approximate surface area is 159 Å². The van der Waals surface area contributed by atoms with Gasteiger partial charge in [-0.1, -0.05) is 35.5 Å². The normalized spacial score (nSPS) is 12.0. The van der Waals surface area contributed by atoms with Gasteiger partial charge in [-0.25, -0.2) is 0 Å². The highest BCUT2D eigenvalue weighted by molar-refractivity contribution is 7.99. The van der Waals surface area contributed by atoms with E-state index in [1.54, 1.807) is 36.1 Å². The molecule has 1 atom stereocenters. The molecule has 1 unspecified atom stereocenters. The average Bonchev–Trinajstić information content (AvgIpc) is 3.14. The lowest BCUT2D eigenvalue weighted by Crippen LogP contribution is -2.20. The average molecular weight is 393 g/mol. The largest absolute Gasteiger partial charge is 0.494 e. The summed E-state index contributed by atoms with van der Waals surface area (Å²) in [6, 6.07) is 14.4. The van der Waals surface area contributed by atoms with E-state index in [0.717, 1.165) is 5.69 Å². The molecule has 0 amide bonds. The van der Waals surface area contributed by atoms with Gasteiger partial charge in [0.1, 0.15) is 23.8 Å². The Morgan fingerprint density at radius 1 is 1.19 bits per heavy atom. The Morgan fingerprint density at radius 3 is 2.73 bits per heavy atom. The maximum absolute atomic E-state index is 10.2. The maximum atomic E-state index is 10.2. The smallest absolute Gasteiger partial charge is 0.214 e. The van der Waals surface area contributed by atoms with Gasteiger partial charge in [0.05, 0.1) is 13.2 Å². The number of ether oxygens (including phenoxy) is 2. The summed E-state index contributed by atoms with van der Waals surface area (Å²) >= 11 is 7.16. The SMILES string of the molecule is COc1ccccc1-n1nnnc1SCC(O)COc1ccc(Cl)cc1. The molecule has 0 radical (unpaired) electrons.